The lowest BCUT2D eigenvalue weighted by Gasteiger charge is -2.39. The molecule has 0 bridgehead atoms. The summed E-state index contributed by atoms with van der Waals surface area (Å²) in [6, 6.07) is 16.6. The summed E-state index contributed by atoms with van der Waals surface area (Å²) < 4.78 is 1.06. The first-order valence-electron chi connectivity index (χ1n) is 8.74. The molecule has 2 aromatic carbocycles. The lowest BCUT2D eigenvalue weighted by Crippen LogP contribution is -3.18. The first-order valence-corrected chi connectivity index (χ1v) is 9.53. The minimum Gasteiger partial charge on any atom is -0.324 e. The zero-order chi connectivity index (χ0) is 16.5. The third-order valence-corrected chi connectivity index (χ3v) is 5.81. The van der Waals surface area contributed by atoms with Crippen LogP contribution in [-0.4, -0.2) is 25.0 Å². The highest BCUT2D eigenvalue weighted by Gasteiger charge is 2.44. The van der Waals surface area contributed by atoms with Gasteiger partial charge in [-0.1, -0.05) is 46.3 Å². The van der Waals surface area contributed by atoms with E-state index in [1.807, 2.05) is 18.2 Å². The molecule has 0 aliphatic carbocycles. The van der Waals surface area contributed by atoms with Crippen LogP contribution >= 0.6 is 15.9 Å². The standard InChI is InChI=1S/C20H21BrN2O/c21-15-9-10-17-16(13-15)18(14-7-3-1-4-8-14)19(20(24)22-17)23-11-5-2-6-12-23/h1,3-4,7-10,13,18-19H,2,5-6,11-12H2,(H,22,24)/p+1/t18-,19-/m0/s1. The van der Waals surface area contributed by atoms with Crippen LogP contribution in [-0.2, 0) is 4.79 Å². The number of fused-ring (bicyclic) bond motifs is 1. The van der Waals surface area contributed by atoms with Crippen LogP contribution in [0, 0.1) is 0 Å². The van der Waals surface area contributed by atoms with Crippen LogP contribution in [0.3, 0.4) is 0 Å². The van der Waals surface area contributed by atoms with Crippen LogP contribution in [0.15, 0.2) is 53.0 Å². The second kappa shape index (κ2) is 6.69. The quantitative estimate of drug-likeness (QED) is 0.818. The van der Waals surface area contributed by atoms with E-state index < -0.39 is 0 Å². The van der Waals surface area contributed by atoms with Crippen LogP contribution in [0.25, 0.3) is 0 Å². The summed E-state index contributed by atoms with van der Waals surface area (Å²) in [7, 11) is 0. The van der Waals surface area contributed by atoms with Gasteiger partial charge >= 0.3 is 0 Å². The number of likely N-dealkylation sites (tertiary alicyclic amines) is 1. The normalized spacial score (nSPS) is 24.3. The predicted octanol–water partition coefficient (Wildman–Crippen LogP) is 2.97. The first kappa shape index (κ1) is 15.9. The number of piperidine rings is 1. The van der Waals surface area contributed by atoms with Crippen molar-refractivity contribution in [3.63, 3.8) is 0 Å². The maximum atomic E-state index is 13.0. The number of anilines is 1. The Morgan fingerprint density at radius 3 is 2.50 bits per heavy atom. The Kier molecular flexibility index (Phi) is 4.42. The molecule has 1 saturated heterocycles. The van der Waals surface area contributed by atoms with E-state index in [9.17, 15) is 4.79 Å². The molecule has 1 fully saturated rings. The van der Waals surface area contributed by atoms with E-state index in [4.69, 9.17) is 0 Å². The lowest BCUT2D eigenvalue weighted by molar-refractivity contribution is -0.921. The van der Waals surface area contributed by atoms with Crippen LogP contribution in [0.1, 0.15) is 36.3 Å². The molecule has 0 aromatic heterocycles. The summed E-state index contributed by atoms with van der Waals surface area (Å²) in [5.74, 6) is 0.274. The summed E-state index contributed by atoms with van der Waals surface area (Å²) >= 11 is 3.60. The lowest BCUT2D eigenvalue weighted by atomic mass is 9.80. The van der Waals surface area contributed by atoms with Crippen LogP contribution in [0.4, 0.5) is 5.69 Å². The van der Waals surface area contributed by atoms with Crippen molar-refractivity contribution in [2.24, 2.45) is 0 Å². The van der Waals surface area contributed by atoms with E-state index >= 15 is 0 Å². The molecule has 2 aliphatic heterocycles. The minimum absolute atomic E-state index is 0.0468. The summed E-state index contributed by atoms with van der Waals surface area (Å²) in [5.41, 5.74) is 3.40. The van der Waals surface area contributed by atoms with Crippen molar-refractivity contribution in [2.75, 3.05) is 18.4 Å². The fraction of sp³-hybridized carbons (Fsp3) is 0.350. The van der Waals surface area contributed by atoms with Gasteiger partial charge in [-0.05, 0) is 48.6 Å². The minimum atomic E-state index is -0.0468. The van der Waals surface area contributed by atoms with Gasteiger partial charge in [-0.15, -0.1) is 0 Å². The average Bonchev–Trinajstić information content (AvgIpc) is 2.62. The molecule has 4 heteroatoms. The molecule has 1 amide bonds. The largest absolute Gasteiger partial charge is 0.324 e. The first-order chi connectivity index (χ1) is 11.7. The monoisotopic (exact) mass is 385 g/mol. The molecule has 4 rings (SSSR count). The molecule has 0 saturated carbocycles. The number of nitrogens with one attached hydrogen (secondary N) is 2. The summed E-state index contributed by atoms with van der Waals surface area (Å²) in [4.78, 5) is 14.4. The molecule has 3 nitrogen and oxygen atoms in total. The summed E-state index contributed by atoms with van der Waals surface area (Å²) in [5, 5.41) is 3.15. The fourth-order valence-electron chi connectivity index (χ4n) is 4.22. The van der Waals surface area contributed by atoms with Crippen molar-refractivity contribution >= 4 is 27.5 Å². The smallest absolute Gasteiger partial charge is 0.283 e. The predicted molar refractivity (Wildman–Crippen MR) is 99.4 cm³/mol. The Morgan fingerprint density at radius 2 is 1.75 bits per heavy atom. The molecular formula is C20H22BrN2O+. The molecular weight excluding hydrogens is 364 g/mol. The number of amides is 1. The Bertz CT molecular complexity index is 741. The molecule has 2 atom stereocenters. The Morgan fingerprint density at radius 1 is 1.00 bits per heavy atom. The van der Waals surface area contributed by atoms with Gasteiger partial charge in [0.1, 0.15) is 0 Å². The van der Waals surface area contributed by atoms with E-state index in [2.05, 4.69) is 51.6 Å². The van der Waals surface area contributed by atoms with E-state index in [-0.39, 0.29) is 17.9 Å². The van der Waals surface area contributed by atoms with E-state index in [0.29, 0.717) is 0 Å². The van der Waals surface area contributed by atoms with Gasteiger partial charge < -0.3 is 10.2 Å². The van der Waals surface area contributed by atoms with E-state index in [0.717, 1.165) is 23.2 Å². The Hall–Kier alpha value is -1.65. The summed E-state index contributed by atoms with van der Waals surface area (Å²) in [6.45, 7) is 2.18. The number of rotatable bonds is 2. The third-order valence-electron chi connectivity index (χ3n) is 5.32. The van der Waals surface area contributed by atoms with Crippen molar-refractivity contribution in [1.29, 1.82) is 0 Å². The number of hydrogen-bond donors (Lipinski definition) is 2. The molecule has 24 heavy (non-hydrogen) atoms. The van der Waals surface area contributed by atoms with Gasteiger partial charge in [-0.25, -0.2) is 0 Å². The van der Waals surface area contributed by atoms with Gasteiger partial charge in [0.05, 0.1) is 19.0 Å². The third kappa shape index (κ3) is 2.89. The molecule has 0 unspecified atom stereocenters. The van der Waals surface area contributed by atoms with Crippen molar-refractivity contribution in [1.82, 2.24) is 0 Å². The number of halogens is 1. The number of carbonyl (C=O) groups is 1. The maximum Gasteiger partial charge on any atom is 0.283 e. The Labute approximate surface area is 151 Å². The Balaban J connectivity index is 1.83. The highest BCUT2D eigenvalue weighted by atomic mass is 79.9. The number of carbonyl (C=O) groups excluding carboxylic acids is 1. The van der Waals surface area contributed by atoms with Crippen molar-refractivity contribution in [3.05, 3.63) is 64.1 Å². The van der Waals surface area contributed by atoms with E-state index in [1.54, 1.807) is 0 Å². The molecule has 2 aliphatic rings. The molecule has 2 aromatic rings. The SMILES string of the molecule is O=C1Nc2ccc(Br)cc2[C@H](c2ccccc2)[C@@H]1[NH+]1CCCCC1. The fourth-order valence-corrected chi connectivity index (χ4v) is 4.60. The molecule has 2 heterocycles. The molecule has 0 spiro atoms. The second-order valence-corrected chi connectivity index (χ2v) is 7.72. The number of quaternary nitrogens is 1. The van der Waals surface area contributed by atoms with Crippen molar-refractivity contribution < 1.29 is 9.69 Å². The van der Waals surface area contributed by atoms with Gasteiger partial charge in [-0.2, -0.15) is 0 Å². The topological polar surface area (TPSA) is 33.5 Å². The number of hydrogen-bond acceptors (Lipinski definition) is 1. The molecule has 0 radical (unpaired) electrons. The van der Waals surface area contributed by atoms with E-state index in [1.165, 1.54) is 35.3 Å². The maximum absolute atomic E-state index is 13.0. The zero-order valence-electron chi connectivity index (χ0n) is 13.6. The van der Waals surface area contributed by atoms with Gasteiger partial charge in [0, 0.05) is 10.2 Å². The highest BCUT2D eigenvalue weighted by molar-refractivity contribution is 9.10. The average molecular weight is 386 g/mol. The number of benzene rings is 2. The van der Waals surface area contributed by atoms with Gasteiger partial charge in [-0.3, -0.25) is 4.79 Å². The van der Waals surface area contributed by atoms with Gasteiger partial charge in [0.2, 0.25) is 0 Å². The van der Waals surface area contributed by atoms with Gasteiger partial charge in [0.25, 0.3) is 5.91 Å². The van der Waals surface area contributed by atoms with Crippen LogP contribution in [0.5, 0.6) is 0 Å². The van der Waals surface area contributed by atoms with Crippen LogP contribution < -0.4 is 10.2 Å². The molecule has 124 valence electrons. The molecule has 2 N–H and O–H groups in total. The summed E-state index contributed by atoms with van der Waals surface area (Å²) in [6.07, 6.45) is 3.72. The highest BCUT2D eigenvalue weighted by Crippen LogP contribution is 2.38. The van der Waals surface area contributed by atoms with Gasteiger partial charge in [0.15, 0.2) is 6.04 Å². The van der Waals surface area contributed by atoms with Crippen molar-refractivity contribution in [2.45, 2.75) is 31.2 Å². The zero-order valence-corrected chi connectivity index (χ0v) is 15.2. The van der Waals surface area contributed by atoms with Crippen LogP contribution in [0.2, 0.25) is 0 Å². The van der Waals surface area contributed by atoms with Crippen molar-refractivity contribution in [3.8, 4) is 0 Å². The second-order valence-electron chi connectivity index (χ2n) is 6.81.